The molecule has 0 aromatic carbocycles. The van der Waals surface area contributed by atoms with Crippen LogP contribution in [0, 0.1) is 0 Å². The summed E-state index contributed by atoms with van der Waals surface area (Å²) in [4.78, 5) is 4.32. The summed E-state index contributed by atoms with van der Waals surface area (Å²) in [5.41, 5.74) is 0.791. The van der Waals surface area contributed by atoms with Crippen molar-refractivity contribution in [3.63, 3.8) is 0 Å². The van der Waals surface area contributed by atoms with Gasteiger partial charge in [0.1, 0.15) is 6.10 Å². The van der Waals surface area contributed by atoms with E-state index >= 15 is 0 Å². The number of nitrogens with zero attached hydrogens (tertiary/aromatic N) is 3. The van der Waals surface area contributed by atoms with Gasteiger partial charge in [-0.1, -0.05) is 26.8 Å². The van der Waals surface area contributed by atoms with E-state index in [4.69, 9.17) is 9.16 Å². The second-order valence-corrected chi connectivity index (χ2v) is 13.9. The van der Waals surface area contributed by atoms with E-state index in [1.807, 2.05) is 18.2 Å². The third kappa shape index (κ3) is 4.26. The maximum absolute atomic E-state index is 6.56. The van der Waals surface area contributed by atoms with Gasteiger partial charge in [0.2, 0.25) is 10.6 Å². The Balaban J connectivity index is 1.59. The smallest absolute Gasteiger partial charge is 0.218 e. The van der Waals surface area contributed by atoms with Crippen molar-refractivity contribution in [3.05, 3.63) is 22.9 Å². The van der Waals surface area contributed by atoms with Gasteiger partial charge in [-0.2, -0.15) is 4.52 Å². The fourth-order valence-electron chi connectivity index (χ4n) is 2.98. The second kappa shape index (κ2) is 7.00. The first-order valence-electron chi connectivity index (χ1n) is 9.01. The maximum atomic E-state index is 6.56. The number of aromatic nitrogens is 3. The summed E-state index contributed by atoms with van der Waals surface area (Å²) in [5, 5.41) is 4.61. The van der Waals surface area contributed by atoms with Crippen molar-refractivity contribution in [2.75, 3.05) is 0 Å². The Morgan fingerprint density at radius 1 is 1.12 bits per heavy atom. The highest BCUT2D eigenvalue weighted by atomic mass is 79.9. The number of fused-ring (bicyclic) bond motifs is 1. The van der Waals surface area contributed by atoms with Gasteiger partial charge in [-0.05, 0) is 65.8 Å². The number of hydrogen-bond acceptors (Lipinski definition) is 4. The van der Waals surface area contributed by atoms with Gasteiger partial charge in [-0.15, -0.1) is 5.10 Å². The lowest BCUT2D eigenvalue weighted by Crippen LogP contribution is -2.45. The summed E-state index contributed by atoms with van der Waals surface area (Å²) < 4.78 is 15.1. The molecule has 0 N–H and O–H groups in total. The lowest BCUT2D eigenvalue weighted by atomic mass is 9.95. The lowest BCUT2D eigenvalue weighted by molar-refractivity contribution is 0.0690. The predicted octanol–water partition coefficient (Wildman–Crippen LogP) is 5.20. The molecule has 1 aliphatic rings. The van der Waals surface area contributed by atoms with Crippen molar-refractivity contribution in [1.82, 2.24) is 14.6 Å². The van der Waals surface area contributed by atoms with E-state index in [1.54, 1.807) is 4.52 Å². The third-order valence-electron chi connectivity index (χ3n) is 5.48. The lowest BCUT2D eigenvalue weighted by Gasteiger charge is -2.41. The van der Waals surface area contributed by atoms with Crippen molar-refractivity contribution in [2.45, 2.75) is 76.8 Å². The van der Waals surface area contributed by atoms with Gasteiger partial charge in [-0.3, -0.25) is 0 Å². The molecular formula is C18H28BrN3O2Si. The van der Waals surface area contributed by atoms with Crippen LogP contribution in [0.5, 0.6) is 5.88 Å². The summed E-state index contributed by atoms with van der Waals surface area (Å²) >= 11 is 3.32. The van der Waals surface area contributed by atoms with Crippen LogP contribution >= 0.6 is 15.9 Å². The molecule has 0 aliphatic heterocycles. The Morgan fingerprint density at radius 2 is 1.76 bits per heavy atom. The molecule has 0 amide bonds. The van der Waals surface area contributed by atoms with Gasteiger partial charge in [0.25, 0.3) is 0 Å². The Morgan fingerprint density at radius 3 is 2.40 bits per heavy atom. The summed E-state index contributed by atoms with van der Waals surface area (Å²) in [6.45, 7) is 11.6. The normalized spacial score (nSPS) is 22.3. The van der Waals surface area contributed by atoms with Gasteiger partial charge >= 0.3 is 0 Å². The Kier molecular flexibility index (Phi) is 5.28. The molecule has 7 heteroatoms. The van der Waals surface area contributed by atoms with Crippen LogP contribution in [-0.2, 0) is 4.43 Å². The van der Waals surface area contributed by atoms with Crippen LogP contribution in [0.1, 0.15) is 46.5 Å². The molecule has 0 saturated heterocycles. The highest BCUT2D eigenvalue weighted by molar-refractivity contribution is 9.10. The first-order valence-corrected chi connectivity index (χ1v) is 12.7. The molecule has 1 saturated carbocycles. The minimum absolute atomic E-state index is 0.216. The number of pyridine rings is 1. The van der Waals surface area contributed by atoms with Crippen LogP contribution in [0.25, 0.3) is 5.65 Å². The molecule has 0 bridgehead atoms. The number of halogens is 1. The standard InChI is InChI=1S/C18H28BrN3O2Si/c1-18(2,3)25(4,5)24-14-11-9-13(10-12-14)23-16-8-6-7-15-20-17(19)21-22(15)16/h6-8,13-14H,9-12H2,1-5H3/t13-,14+. The van der Waals surface area contributed by atoms with Crippen molar-refractivity contribution >= 4 is 29.9 Å². The van der Waals surface area contributed by atoms with E-state index in [0.717, 1.165) is 37.2 Å². The third-order valence-corrected chi connectivity index (χ3v) is 10.3. The van der Waals surface area contributed by atoms with Crippen LogP contribution in [0.4, 0.5) is 0 Å². The van der Waals surface area contributed by atoms with E-state index < -0.39 is 8.32 Å². The number of rotatable bonds is 4. The van der Waals surface area contributed by atoms with Crippen molar-refractivity contribution in [3.8, 4) is 5.88 Å². The van der Waals surface area contributed by atoms with Crippen LogP contribution in [0.3, 0.4) is 0 Å². The zero-order valence-corrected chi connectivity index (χ0v) is 18.3. The first-order chi connectivity index (χ1) is 11.7. The van der Waals surface area contributed by atoms with E-state index in [-0.39, 0.29) is 11.1 Å². The monoisotopic (exact) mass is 425 g/mol. The number of ether oxygens (including phenoxy) is 1. The van der Waals surface area contributed by atoms with Gasteiger partial charge in [-0.25, -0.2) is 4.98 Å². The molecule has 2 aromatic heterocycles. The fraction of sp³-hybridized carbons (Fsp3) is 0.667. The number of hydrogen-bond donors (Lipinski definition) is 0. The Labute approximate surface area is 159 Å². The maximum Gasteiger partial charge on any atom is 0.218 e. The van der Waals surface area contributed by atoms with Crippen LogP contribution in [0.15, 0.2) is 22.9 Å². The molecule has 0 atom stereocenters. The molecule has 0 unspecified atom stereocenters. The molecule has 3 rings (SSSR count). The quantitative estimate of drug-likeness (QED) is 0.631. The predicted molar refractivity (Wildman–Crippen MR) is 106 cm³/mol. The highest BCUT2D eigenvalue weighted by Crippen LogP contribution is 2.39. The molecule has 1 fully saturated rings. The molecule has 5 nitrogen and oxygen atoms in total. The van der Waals surface area contributed by atoms with Gasteiger partial charge in [0.05, 0.1) is 0 Å². The van der Waals surface area contributed by atoms with Gasteiger partial charge in [0, 0.05) is 12.2 Å². The summed E-state index contributed by atoms with van der Waals surface area (Å²) in [6, 6.07) is 5.83. The zero-order chi connectivity index (χ0) is 18.2. The summed E-state index contributed by atoms with van der Waals surface area (Å²) in [5.74, 6) is 0.754. The van der Waals surface area contributed by atoms with Gasteiger partial charge < -0.3 is 9.16 Å². The molecule has 1 aliphatic carbocycles. The van der Waals surface area contributed by atoms with E-state index in [9.17, 15) is 0 Å². The summed E-state index contributed by atoms with van der Waals surface area (Å²) in [7, 11) is -1.69. The minimum atomic E-state index is -1.69. The van der Waals surface area contributed by atoms with Crippen molar-refractivity contribution in [1.29, 1.82) is 0 Å². The molecular weight excluding hydrogens is 398 g/mol. The largest absolute Gasteiger partial charge is 0.474 e. The second-order valence-electron chi connectivity index (χ2n) is 8.41. The molecule has 0 radical (unpaired) electrons. The average molecular weight is 426 g/mol. The fourth-order valence-corrected chi connectivity index (χ4v) is 4.74. The van der Waals surface area contributed by atoms with Crippen LogP contribution in [-0.4, -0.2) is 35.1 Å². The SMILES string of the molecule is CC(C)(C)[Si](C)(C)O[C@H]1CC[C@@H](Oc2cccc3nc(Br)nn23)CC1. The van der Waals surface area contributed by atoms with Crippen molar-refractivity contribution < 1.29 is 9.16 Å². The van der Waals surface area contributed by atoms with E-state index in [1.165, 1.54) is 0 Å². The summed E-state index contributed by atoms with van der Waals surface area (Å²) in [6.07, 6.45) is 4.75. The minimum Gasteiger partial charge on any atom is -0.474 e. The Hall–Kier alpha value is -0.923. The molecule has 2 heterocycles. The topological polar surface area (TPSA) is 48.7 Å². The average Bonchev–Trinajstić information content (AvgIpc) is 2.89. The van der Waals surface area contributed by atoms with Gasteiger partial charge in [0.15, 0.2) is 14.0 Å². The molecule has 138 valence electrons. The van der Waals surface area contributed by atoms with Crippen LogP contribution in [0.2, 0.25) is 18.1 Å². The molecule has 0 spiro atoms. The molecule has 2 aromatic rings. The highest BCUT2D eigenvalue weighted by Gasteiger charge is 2.40. The van der Waals surface area contributed by atoms with E-state index in [0.29, 0.717) is 10.8 Å². The van der Waals surface area contributed by atoms with Crippen LogP contribution < -0.4 is 4.74 Å². The first kappa shape index (κ1) is 18.9. The van der Waals surface area contributed by atoms with E-state index in [2.05, 4.69) is 59.9 Å². The Bertz CT molecular complexity index is 733. The zero-order valence-electron chi connectivity index (χ0n) is 15.8. The van der Waals surface area contributed by atoms with Crippen molar-refractivity contribution in [2.24, 2.45) is 0 Å². The molecule has 25 heavy (non-hydrogen) atoms.